The van der Waals surface area contributed by atoms with Crippen molar-refractivity contribution in [3.63, 3.8) is 0 Å². The molecule has 0 N–H and O–H groups in total. The third-order valence-electron chi connectivity index (χ3n) is 6.87. The SMILES string of the molecule is O=C1CC(=O)OCc2ccccc2C#Cc2ccccc2COC(=O)CC(=O)OCc2ccccc2C#Cc2ccccc2CO1. The van der Waals surface area contributed by atoms with Crippen molar-refractivity contribution in [2.75, 3.05) is 0 Å². The molecule has 4 aromatic rings. The molecule has 0 bridgehead atoms. The fourth-order valence-electron chi connectivity index (χ4n) is 4.41. The monoisotopic (exact) mass is 612 g/mol. The lowest BCUT2D eigenvalue weighted by atomic mass is 10.1. The first-order chi connectivity index (χ1) is 22.4. The quantitative estimate of drug-likeness (QED) is 0.116. The van der Waals surface area contributed by atoms with Crippen LogP contribution < -0.4 is 0 Å². The highest BCUT2D eigenvalue weighted by Crippen LogP contribution is 2.15. The summed E-state index contributed by atoms with van der Waals surface area (Å²) in [7, 11) is 0. The zero-order chi connectivity index (χ0) is 32.1. The lowest BCUT2D eigenvalue weighted by Gasteiger charge is -2.09. The standard InChI is InChI=1S/C38H28O8/c39-35-21-36(40)45-25-33-15-7-3-11-29(33)19-20-30-12-4-8-16-34(30)26-46-38(42)22-37(41)44-24-32-14-6-2-10-28(32)18-17-27-9-1-5-13-31(27)23-43-35/h1-16H,21-26H2. The molecule has 0 saturated heterocycles. The van der Waals surface area contributed by atoms with E-state index in [1.165, 1.54) is 0 Å². The van der Waals surface area contributed by atoms with Gasteiger partial charge in [0.15, 0.2) is 0 Å². The molecule has 0 spiro atoms. The fourth-order valence-corrected chi connectivity index (χ4v) is 4.41. The van der Waals surface area contributed by atoms with Gasteiger partial charge in [-0.1, -0.05) is 96.5 Å². The van der Waals surface area contributed by atoms with E-state index in [1.54, 1.807) is 97.1 Å². The number of esters is 4. The van der Waals surface area contributed by atoms with E-state index < -0.39 is 36.7 Å². The van der Waals surface area contributed by atoms with Gasteiger partial charge in [0.05, 0.1) is 0 Å². The van der Waals surface area contributed by atoms with E-state index in [0.717, 1.165) is 0 Å². The van der Waals surface area contributed by atoms with Crippen LogP contribution in [0.25, 0.3) is 0 Å². The number of fused-ring (bicyclic) bond motifs is 4. The highest BCUT2D eigenvalue weighted by atomic mass is 16.6. The second kappa shape index (κ2) is 15.6. The van der Waals surface area contributed by atoms with Crippen LogP contribution in [0, 0.1) is 23.7 Å². The largest absolute Gasteiger partial charge is 0.460 e. The number of benzene rings is 4. The number of hydrogen-bond donors (Lipinski definition) is 0. The highest BCUT2D eigenvalue weighted by molar-refractivity contribution is 5.91. The van der Waals surface area contributed by atoms with Crippen molar-refractivity contribution in [1.82, 2.24) is 0 Å². The van der Waals surface area contributed by atoms with Gasteiger partial charge < -0.3 is 18.9 Å². The van der Waals surface area contributed by atoms with E-state index in [1.807, 2.05) is 0 Å². The third-order valence-corrected chi connectivity index (χ3v) is 6.87. The molecule has 0 saturated carbocycles. The Labute approximate surface area is 266 Å². The minimum absolute atomic E-state index is 0.0910. The first-order valence-electron chi connectivity index (χ1n) is 14.4. The fraction of sp³-hybridized carbons (Fsp3) is 0.158. The summed E-state index contributed by atoms with van der Waals surface area (Å²) in [5.41, 5.74) is 5.07. The number of carbonyl (C=O) groups is 4. The smallest absolute Gasteiger partial charge is 0.317 e. The Morgan fingerprint density at radius 3 is 0.804 bits per heavy atom. The van der Waals surface area contributed by atoms with Crippen LogP contribution >= 0.6 is 0 Å². The molecule has 1 aliphatic heterocycles. The summed E-state index contributed by atoms with van der Waals surface area (Å²) in [6.07, 6.45) is -1.11. The zero-order valence-electron chi connectivity index (χ0n) is 24.7. The first kappa shape index (κ1) is 31.3. The maximum atomic E-state index is 12.5. The summed E-state index contributed by atoms with van der Waals surface area (Å²) < 4.78 is 21.5. The van der Waals surface area contributed by atoms with Crippen LogP contribution in [0.4, 0.5) is 0 Å². The van der Waals surface area contributed by atoms with Gasteiger partial charge >= 0.3 is 23.9 Å². The summed E-state index contributed by atoms with van der Waals surface area (Å²) in [4.78, 5) is 49.9. The van der Waals surface area contributed by atoms with Crippen LogP contribution in [-0.2, 0) is 64.6 Å². The predicted octanol–water partition coefficient (Wildman–Crippen LogP) is 5.15. The Morgan fingerprint density at radius 1 is 0.348 bits per heavy atom. The number of carbonyl (C=O) groups excluding carboxylic acids is 4. The predicted molar refractivity (Wildman–Crippen MR) is 166 cm³/mol. The van der Waals surface area contributed by atoms with E-state index in [4.69, 9.17) is 18.9 Å². The van der Waals surface area contributed by atoms with E-state index in [2.05, 4.69) is 23.7 Å². The molecule has 4 aromatic carbocycles. The highest BCUT2D eigenvalue weighted by Gasteiger charge is 2.16. The Morgan fingerprint density at radius 2 is 0.565 bits per heavy atom. The average Bonchev–Trinajstić information content (AvgIpc) is 3.07. The number of rotatable bonds is 0. The molecule has 1 heterocycles. The molecule has 46 heavy (non-hydrogen) atoms. The van der Waals surface area contributed by atoms with Crippen LogP contribution in [0.15, 0.2) is 97.1 Å². The van der Waals surface area contributed by atoms with Gasteiger partial charge in [-0.3, -0.25) is 19.2 Å². The summed E-state index contributed by atoms with van der Waals surface area (Å²) in [5, 5.41) is 0. The summed E-state index contributed by atoms with van der Waals surface area (Å²) in [6.45, 7) is -0.364. The maximum Gasteiger partial charge on any atom is 0.317 e. The van der Waals surface area contributed by atoms with Crippen molar-refractivity contribution in [2.24, 2.45) is 0 Å². The minimum Gasteiger partial charge on any atom is -0.460 e. The van der Waals surface area contributed by atoms with E-state index in [0.29, 0.717) is 44.5 Å². The average molecular weight is 613 g/mol. The molecule has 1 aliphatic rings. The molecule has 0 atom stereocenters. The van der Waals surface area contributed by atoms with E-state index in [9.17, 15) is 19.2 Å². The molecule has 0 radical (unpaired) electrons. The topological polar surface area (TPSA) is 105 Å². The lowest BCUT2D eigenvalue weighted by Crippen LogP contribution is -2.14. The number of hydrogen-bond acceptors (Lipinski definition) is 8. The zero-order valence-corrected chi connectivity index (χ0v) is 24.7. The second-order valence-corrected chi connectivity index (χ2v) is 10.1. The van der Waals surface area contributed by atoms with Gasteiger partial charge in [-0.2, -0.15) is 0 Å². The molecule has 0 unspecified atom stereocenters. The second-order valence-electron chi connectivity index (χ2n) is 10.1. The molecule has 0 aromatic heterocycles. The van der Waals surface area contributed by atoms with Crippen molar-refractivity contribution in [3.8, 4) is 23.7 Å². The normalized spacial score (nSPS) is 14.4. The van der Waals surface area contributed by atoms with Crippen LogP contribution in [0.5, 0.6) is 0 Å². The molecule has 8 heteroatoms. The number of cyclic esters (lactones) is 4. The Bertz CT molecular complexity index is 1630. The molecule has 0 aliphatic carbocycles. The van der Waals surface area contributed by atoms with Crippen LogP contribution in [0.3, 0.4) is 0 Å². The van der Waals surface area contributed by atoms with Crippen LogP contribution in [0.1, 0.15) is 57.3 Å². The Hall–Kier alpha value is -6.12. The first-order valence-corrected chi connectivity index (χ1v) is 14.4. The molecule has 228 valence electrons. The van der Waals surface area contributed by atoms with Crippen molar-refractivity contribution in [3.05, 3.63) is 142 Å². The molecule has 0 amide bonds. The summed E-state index contributed by atoms with van der Waals surface area (Å²) in [5.74, 6) is 9.41. The molecule has 0 fully saturated rings. The van der Waals surface area contributed by atoms with Crippen molar-refractivity contribution < 1.29 is 38.1 Å². The number of ether oxygens (including phenoxy) is 4. The van der Waals surface area contributed by atoms with Gasteiger partial charge in [0.25, 0.3) is 0 Å². The van der Waals surface area contributed by atoms with Crippen molar-refractivity contribution in [1.29, 1.82) is 0 Å². The molecular formula is C38H28O8. The van der Waals surface area contributed by atoms with Crippen LogP contribution in [0.2, 0.25) is 0 Å². The van der Waals surface area contributed by atoms with Gasteiger partial charge in [-0.15, -0.1) is 0 Å². The van der Waals surface area contributed by atoms with Gasteiger partial charge in [0.1, 0.15) is 39.3 Å². The summed E-state index contributed by atoms with van der Waals surface area (Å²) >= 11 is 0. The van der Waals surface area contributed by atoms with Gasteiger partial charge in [-0.05, 0) is 24.3 Å². The Balaban J connectivity index is 1.39. The third kappa shape index (κ3) is 8.95. The van der Waals surface area contributed by atoms with Gasteiger partial charge in [0, 0.05) is 44.5 Å². The summed E-state index contributed by atoms with van der Waals surface area (Å²) in [6, 6.07) is 28.6. The maximum absolute atomic E-state index is 12.5. The Kier molecular flexibility index (Phi) is 10.6. The lowest BCUT2D eigenvalue weighted by molar-refractivity contribution is -0.157. The molecule has 8 nitrogen and oxygen atoms in total. The van der Waals surface area contributed by atoms with Crippen LogP contribution in [-0.4, -0.2) is 23.9 Å². The molecule has 5 rings (SSSR count). The van der Waals surface area contributed by atoms with Gasteiger partial charge in [0.2, 0.25) is 0 Å². The van der Waals surface area contributed by atoms with Gasteiger partial charge in [-0.25, -0.2) is 0 Å². The van der Waals surface area contributed by atoms with Crippen molar-refractivity contribution >= 4 is 23.9 Å². The van der Waals surface area contributed by atoms with E-state index in [-0.39, 0.29) is 26.4 Å². The minimum atomic E-state index is -0.730. The van der Waals surface area contributed by atoms with E-state index >= 15 is 0 Å². The molecular weight excluding hydrogens is 584 g/mol. The van der Waals surface area contributed by atoms with Crippen molar-refractivity contribution in [2.45, 2.75) is 39.3 Å².